The third-order valence-corrected chi connectivity index (χ3v) is 3.87. The van der Waals surface area contributed by atoms with Gasteiger partial charge in [-0.1, -0.05) is 18.2 Å². The van der Waals surface area contributed by atoms with Gasteiger partial charge in [0.15, 0.2) is 5.88 Å². The quantitative estimate of drug-likeness (QED) is 0.677. The number of carbonyl (C=O) groups excluding carboxylic acids is 1. The first kappa shape index (κ1) is 14.2. The first-order chi connectivity index (χ1) is 11.6. The Labute approximate surface area is 136 Å². The second kappa shape index (κ2) is 5.34. The monoisotopic (exact) mass is 318 g/mol. The number of aromatic amines is 1. The highest BCUT2D eigenvalue weighted by Crippen LogP contribution is 2.29. The molecule has 6 nitrogen and oxygen atoms in total. The van der Waals surface area contributed by atoms with Crippen molar-refractivity contribution in [1.82, 2.24) is 4.98 Å². The highest BCUT2D eigenvalue weighted by atomic mass is 16.3. The molecule has 2 heterocycles. The SMILES string of the molecule is CC(=O)Nc1ccc2c(/C=c3\ccc4c(c3)N=NC=4)c(O)[nH]c2c1. The molecular formula is C18H14N4O2. The molecule has 4 rings (SSSR count). The van der Waals surface area contributed by atoms with Gasteiger partial charge in [0.1, 0.15) is 0 Å². The topological polar surface area (TPSA) is 89.8 Å². The lowest BCUT2D eigenvalue weighted by molar-refractivity contribution is -0.114. The normalized spacial score (nSPS) is 13.1. The summed E-state index contributed by atoms with van der Waals surface area (Å²) in [5.41, 5.74) is 2.93. The van der Waals surface area contributed by atoms with Gasteiger partial charge in [-0.3, -0.25) is 4.79 Å². The molecule has 0 saturated carbocycles. The van der Waals surface area contributed by atoms with Crippen LogP contribution >= 0.6 is 0 Å². The van der Waals surface area contributed by atoms with Crippen molar-refractivity contribution >= 4 is 40.5 Å². The Balaban J connectivity index is 1.83. The Morgan fingerprint density at radius 2 is 2.12 bits per heavy atom. The van der Waals surface area contributed by atoms with Gasteiger partial charge in [-0.15, -0.1) is 0 Å². The van der Waals surface area contributed by atoms with E-state index in [2.05, 4.69) is 20.5 Å². The van der Waals surface area contributed by atoms with E-state index >= 15 is 0 Å². The van der Waals surface area contributed by atoms with Gasteiger partial charge >= 0.3 is 0 Å². The van der Waals surface area contributed by atoms with Crippen molar-refractivity contribution in [2.45, 2.75) is 6.92 Å². The van der Waals surface area contributed by atoms with Gasteiger partial charge in [-0.25, -0.2) is 0 Å². The molecule has 1 aliphatic heterocycles. The Hall–Kier alpha value is -3.41. The zero-order valence-electron chi connectivity index (χ0n) is 12.9. The van der Waals surface area contributed by atoms with E-state index in [1.165, 1.54) is 6.92 Å². The molecule has 0 unspecified atom stereocenters. The molecular weight excluding hydrogens is 304 g/mol. The number of hydrogen-bond donors (Lipinski definition) is 3. The number of H-pyrrole nitrogens is 1. The van der Waals surface area contributed by atoms with Crippen LogP contribution in [-0.4, -0.2) is 16.0 Å². The van der Waals surface area contributed by atoms with Gasteiger partial charge < -0.3 is 15.4 Å². The van der Waals surface area contributed by atoms with Crippen LogP contribution in [-0.2, 0) is 4.79 Å². The first-order valence-corrected chi connectivity index (χ1v) is 7.45. The average molecular weight is 318 g/mol. The maximum atomic E-state index is 11.2. The van der Waals surface area contributed by atoms with E-state index in [0.717, 1.165) is 27.0 Å². The number of aromatic nitrogens is 1. The van der Waals surface area contributed by atoms with Crippen molar-refractivity contribution in [3.05, 3.63) is 52.4 Å². The minimum absolute atomic E-state index is 0.0821. The summed E-state index contributed by atoms with van der Waals surface area (Å²) in [6, 6.07) is 11.3. The van der Waals surface area contributed by atoms with E-state index in [-0.39, 0.29) is 11.8 Å². The molecule has 0 fully saturated rings. The van der Waals surface area contributed by atoms with Crippen LogP contribution in [0.4, 0.5) is 11.4 Å². The average Bonchev–Trinajstić information content (AvgIpc) is 3.11. The number of fused-ring (bicyclic) bond motifs is 2. The molecule has 6 heteroatoms. The molecule has 24 heavy (non-hydrogen) atoms. The zero-order chi connectivity index (χ0) is 16.7. The molecule has 1 amide bonds. The lowest BCUT2D eigenvalue weighted by atomic mass is 10.1. The summed E-state index contributed by atoms with van der Waals surface area (Å²) >= 11 is 0. The van der Waals surface area contributed by atoms with E-state index < -0.39 is 0 Å². The Morgan fingerprint density at radius 3 is 2.96 bits per heavy atom. The van der Waals surface area contributed by atoms with Crippen LogP contribution in [0, 0.1) is 0 Å². The van der Waals surface area contributed by atoms with Gasteiger partial charge in [-0.2, -0.15) is 10.2 Å². The smallest absolute Gasteiger partial charge is 0.221 e. The van der Waals surface area contributed by atoms with Crippen LogP contribution in [0.3, 0.4) is 0 Å². The van der Waals surface area contributed by atoms with Crippen molar-refractivity contribution < 1.29 is 9.90 Å². The number of carbonyl (C=O) groups is 1. The number of amides is 1. The first-order valence-electron chi connectivity index (χ1n) is 7.45. The van der Waals surface area contributed by atoms with Crippen molar-refractivity contribution in [1.29, 1.82) is 0 Å². The summed E-state index contributed by atoms with van der Waals surface area (Å²) in [6.45, 7) is 1.46. The number of hydrogen-bond acceptors (Lipinski definition) is 4. The fourth-order valence-electron chi connectivity index (χ4n) is 2.80. The second-order valence-electron chi connectivity index (χ2n) is 5.64. The number of rotatable bonds is 2. The highest BCUT2D eigenvalue weighted by Gasteiger charge is 2.09. The van der Waals surface area contributed by atoms with Gasteiger partial charge in [-0.05, 0) is 29.5 Å². The maximum Gasteiger partial charge on any atom is 0.221 e. The van der Waals surface area contributed by atoms with Crippen LogP contribution in [0.15, 0.2) is 46.6 Å². The summed E-state index contributed by atoms with van der Waals surface area (Å²) in [6.07, 6.45) is 3.60. The third kappa shape index (κ3) is 2.44. The number of aromatic hydroxyl groups is 1. The predicted octanol–water partition coefficient (Wildman–Crippen LogP) is 2.50. The second-order valence-corrected chi connectivity index (χ2v) is 5.64. The summed E-state index contributed by atoms with van der Waals surface area (Å²) in [7, 11) is 0. The molecule has 1 aliphatic rings. The maximum absolute atomic E-state index is 11.2. The molecule has 3 aromatic rings. The Kier molecular flexibility index (Phi) is 3.16. The number of nitrogens with zero attached hydrogens (tertiary/aromatic N) is 2. The molecule has 0 bridgehead atoms. The molecule has 0 atom stereocenters. The van der Waals surface area contributed by atoms with Gasteiger partial charge in [0.2, 0.25) is 5.91 Å². The van der Waals surface area contributed by atoms with Crippen molar-refractivity contribution in [3.63, 3.8) is 0 Å². The summed E-state index contributed by atoms with van der Waals surface area (Å²) < 4.78 is 0. The van der Waals surface area contributed by atoms with E-state index in [1.54, 1.807) is 18.3 Å². The number of nitrogens with one attached hydrogen (secondary N) is 2. The number of benzene rings is 2. The molecule has 0 aliphatic carbocycles. The predicted molar refractivity (Wildman–Crippen MR) is 92.5 cm³/mol. The molecule has 118 valence electrons. The molecule has 1 aromatic heterocycles. The van der Waals surface area contributed by atoms with Crippen molar-refractivity contribution in [2.24, 2.45) is 10.2 Å². The molecule has 0 saturated heterocycles. The van der Waals surface area contributed by atoms with Gasteiger partial charge in [0, 0.05) is 28.8 Å². The fourth-order valence-corrected chi connectivity index (χ4v) is 2.80. The van der Waals surface area contributed by atoms with Crippen LogP contribution in [0.5, 0.6) is 5.88 Å². The molecule has 0 spiro atoms. The Bertz CT molecular complexity index is 1130. The minimum Gasteiger partial charge on any atom is -0.494 e. The van der Waals surface area contributed by atoms with Crippen LogP contribution < -0.4 is 15.8 Å². The lowest BCUT2D eigenvalue weighted by Gasteiger charge is -2.01. The summed E-state index contributed by atoms with van der Waals surface area (Å²) in [5.74, 6) is -0.0558. The molecule has 0 radical (unpaired) electrons. The van der Waals surface area contributed by atoms with Crippen LogP contribution in [0.25, 0.3) is 23.2 Å². The minimum atomic E-state index is -0.138. The number of azo groups is 1. The van der Waals surface area contributed by atoms with E-state index in [0.29, 0.717) is 11.3 Å². The van der Waals surface area contributed by atoms with Crippen LogP contribution in [0.2, 0.25) is 0 Å². The van der Waals surface area contributed by atoms with E-state index in [9.17, 15) is 9.90 Å². The van der Waals surface area contributed by atoms with Crippen molar-refractivity contribution in [2.75, 3.05) is 5.32 Å². The molecule has 3 N–H and O–H groups in total. The fraction of sp³-hybridized carbons (Fsp3) is 0.0556. The van der Waals surface area contributed by atoms with E-state index in [4.69, 9.17) is 0 Å². The Morgan fingerprint density at radius 1 is 1.25 bits per heavy atom. The summed E-state index contributed by atoms with van der Waals surface area (Å²) in [4.78, 5) is 14.1. The van der Waals surface area contributed by atoms with Gasteiger partial charge in [0.05, 0.1) is 17.4 Å². The zero-order valence-corrected chi connectivity index (χ0v) is 12.9. The highest BCUT2D eigenvalue weighted by molar-refractivity contribution is 5.96. The lowest BCUT2D eigenvalue weighted by Crippen LogP contribution is -2.06. The molecule has 2 aromatic carbocycles. The summed E-state index contributed by atoms with van der Waals surface area (Å²) in [5, 5.41) is 23.7. The number of anilines is 1. The third-order valence-electron chi connectivity index (χ3n) is 3.87. The van der Waals surface area contributed by atoms with Gasteiger partial charge in [0.25, 0.3) is 0 Å². The van der Waals surface area contributed by atoms with Crippen molar-refractivity contribution in [3.8, 4) is 5.88 Å². The van der Waals surface area contributed by atoms with E-state index in [1.807, 2.05) is 30.3 Å². The van der Waals surface area contributed by atoms with Crippen LogP contribution in [0.1, 0.15) is 12.5 Å². The standard InChI is InChI=1S/C18H14N4O2/c1-10(23)20-13-4-5-14-15(18(24)21-17(14)8-13)6-11-2-3-12-9-19-22-16(12)7-11/h2-9,21,24H,1H3,(H,20,23)/b11-6+. The largest absolute Gasteiger partial charge is 0.494 e.